The van der Waals surface area contributed by atoms with Crippen LogP contribution in [0.1, 0.15) is 84.7 Å². The van der Waals surface area contributed by atoms with Crippen molar-refractivity contribution in [3.05, 3.63) is 69.9 Å². The third-order valence-corrected chi connectivity index (χ3v) is 13.0. The molecule has 3 amide bonds. The minimum atomic E-state index is -2.44. The number of nitrogens with zero attached hydrogens (tertiary/aromatic N) is 5. The molecule has 1 aliphatic heterocycles. The maximum Gasteiger partial charge on any atom is 0.257 e. The number of rotatable bonds is 13. The summed E-state index contributed by atoms with van der Waals surface area (Å²) in [6, 6.07) is 11.1. The highest BCUT2D eigenvalue weighted by Gasteiger charge is 2.38. The molecule has 0 bridgehead atoms. The first-order valence-electron chi connectivity index (χ1n) is 19.3. The molecule has 1 aliphatic carbocycles. The van der Waals surface area contributed by atoms with Gasteiger partial charge in [0.25, 0.3) is 11.8 Å². The van der Waals surface area contributed by atoms with Gasteiger partial charge in [-0.3, -0.25) is 19.1 Å². The molecule has 312 valence electrons. The first kappa shape index (κ1) is 43.9. The quantitative estimate of drug-likeness (QED) is 0.202. The third kappa shape index (κ3) is 10.7. The molecule has 57 heavy (non-hydrogen) atoms. The Morgan fingerprint density at radius 1 is 1.14 bits per heavy atom. The molecule has 14 nitrogen and oxygen atoms in total. The Kier molecular flexibility index (Phi) is 14.7. The van der Waals surface area contributed by atoms with Crippen molar-refractivity contribution in [3.63, 3.8) is 0 Å². The second-order valence-corrected chi connectivity index (χ2v) is 17.3. The largest absolute Gasteiger partial charge is 0.491 e. The van der Waals surface area contributed by atoms with Crippen molar-refractivity contribution >= 4 is 45.6 Å². The van der Waals surface area contributed by atoms with Gasteiger partial charge in [0.15, 0.2) is 0 Å². The van der Waals surface area contributed by atoms with Crippen LogP contribution < -0.4 is 19.7 Å². The summed E-state index contributed by atoms with van der Waals surface area (Å²) in [5.41, 5.74) is 1.45. The number of fused-ring (bicyclic) bond motifs is 2. The van der Waals surface area contributed by atoms with Crippen LogP contribution in [0.15, 0.2) is 47.0 Å². The fraction of sp³-hybridized carbons (Fsp3) is 0.561. The number of hydrogen-bond acceptors (Lipinski definition) is 11. The van der Waals surface area contributed by atoms with Crippen LogP contribution in [0.2, 0.25) is 5.02 Å². The van der Waals surface area contributed by atoms with Crippen molar-refractivity contribution in [1.82, 2.24) is 20.0 Å². The van der Waals surface area contributed by atoms with Crippen LogP contribution in [-0.2, 0) is 44.3 Å². The Bertz CT molecular complexity index is 2010. The van der Waals surface area contributed by atoms with E-state index in [0.717, 1.165) is 37.7 Å². The predicted molar refractivity (Wildman–Crippen MR) is 219 cm³/mol. The number of carbonyl (C=O) groups is 3. The fourth-order valence-corrected chi connectivity index (χ4v) is 8.85. The predicted octanol–water partition coefficient (Wildman–Crippen LogP) is 5.77. The zero-order chi connectivity index (χ0) is 41.6. The van der Waals surface area contributed by atoms with E-state index in [4.69, 9.17) is 25.8 Å². The number of amides is 3. The van der Waals surface area contributed by atoms with Crippen LogP contribution in [-0.4, -0.2) is 96.1 Å². The summed E-state index contributed by atoms with van der Waals surface area (Å²) in [5, 5.41) is 17.6. The van der Waals surface area contributed by atoms with Gasteiger partial charge in [-0.25, -0.2) is 0 Å². The molecule has 1 fully saturated rings. The molecule has 2 aliphatic rings. The zero-order valence-corrected chi connectivity index (χ0v) is 35.7. The van der Waals surface area contributed by atoms with E-state index in [9.17, 15) is 23.7 Å². The van der Waals surface area contributed by atoms with Crippen LogP contribution >= 0.6 is 11.6 Å². The Hall–Kier alpha value is -4.18. The molecule has 2 unspecified atom stereocenters. The van der Waals surface area contributed by atoms with Crippen molar-refractivity contribution in [2.45, 2.75) is 82.9 Å². The van der Waals surface area contributed by atoms with E-state index in [1.54, 1.807) is 53.4 Å². The topological polar surface area (TPSA) is 165 Å². The molecule has 2 heterocycles. The van der Waals surface area contributed by atoms with E-state index >= 15 is 0 Å². The number of hydrogen-bond donors (Lipinski definition) is 2. The molecule has 5 rings (SSSR count). The molecular weight excluding hydrogens is 772 g/mol. The fourth-order valence-electron chi connectivity index (χ4n) is 7.43. The number of nitrogens with one attached hydrogen (secondary N) is 1. The van der Waals surface area contributed by atoms with Gasteiger partial charge >= 0.3 is 0 Å². The molecule has 2 aromatic carbocycles. The van der Waals surface area contributed by atoms with E-state index in [-0.39, 0.29) is 35.4 Å². The first-order valence-corrected chi connectivity index (χ1v) is 20.9. The van der Waals surface area contributed by atoms with Gasteiger partial charge < -0.3 is 43.0 Å². The van der Waals surface area contributed by atoms with Crippen molar-refractivity contribution < 1.29 is 37.9 Å². The molecule has 0 saturated heterocycles. The lowest BCUT2D eigenvalue weighted by molar-refractivity contribution is -0.135. The highest BCUT2D eigenvalue weighted by atomic mass is 35.5. The molecule has 0 spiro atoms. The van der Waals surface area contributed by atoms with Crippen LogP contribution in [0.5, 0.6) is 11.6 Å². The summed E-state index contributed by atoms with van der Waals surface area (Å²) >= 11 is 6.46. The molecular formula is C41H56ClN6O8S-. The molecule has 1 saturated carbocycles. The van der Waals surface area contributed by atoms with Crippen LogP contribution in [0.25, 0.3) is 0 Å². The van der Waals surface area contributed by atoms with E-state index in [1.807, 2.05) is 12.1 Å². The Morgan fingerprint density at radius 2 is 1.89 bits per heavy atom. The van der Waals surface area contributed by atoms with Crippen molar-refractivity contribution in [3.8, 4) is 11.6 Å². The third-order valence-electron chi connectivity index (χ3n) is 11.4. The molecule has 2 N–H and O–H groups in total. The second-order valence-electron chi connectivity index (χ2n) is 15.6. The summed E-state index contributed by atoms with van der Waals surface area (Å²) in [7, 11) is 5.39. The van der Waals surface area contributed by atoms with Gasteiger partial charge in [0, 0.05) is 58.1 Å². The second kappa shape index (κ2) is 19.0. The van der Waals surface area contributed by atoms with Crippen molar-refractivity contribution in [2.75, 3.05) is 46.4 Å². The van der Waals surface area contributed by atoms with Gasteiger partial charge in [0.1, 0.15) is 11.3 Å². The average Bonchev–Trinajstić information content (AvgIpc) is 3.54. The Balaban J connectivity index is 1.53. The molecule has 3 aromatic rings. The smallest absolute Gasteiger partial charge is 0.257 e. The normalized spacial score (nSPS) is 20.2. The Morgan fingerprint density at radius 3 is 2.56 bits per heavy atom. The number of halogens is 1. The maximum atomic E-state index is 14.2. The lowest BCUT2D eigenvalue weighted by Crippen LogP contribution is -2.50. The maximum absolute atomic E-state index is 14.2. The van der Waals surface area contributed by atoms with E-state index in [0.29, 0.717) is 48.0 Å². The SMILES string of the molecule is COc1nn(C)cc1C(=O)NC([C@@H](C)C(C)(O)CC(=O)N(C)C)[S-](=O)=NC(=O)c1ccc2c(c1)N(C[C@@H]1CC[C@H]1[C@H](C)OC)Cc1ccc(Cl)cc1CCCCO2. The van der Waals surface area contributed by atoms with Crippen LogP contribution in [0, 0.1) is 17.8 Å². The van der Waals surface area contributed by atoms with Crippen LogP contribution in [0.3, 0.4) is 0 Å². The molecule has 6 atom stereocenters. The number of aryl methyl sites for hydroxylation is 2. The average molecular weight is 828 g/mol. The lowest BCUT2D eigenvalue weighted by Gasteiger charge is -2.43. The summed E-state index contributed by atoms with van der Waals surface area (Å²) in [6.07, 6.45) is 5.86. The lowest BCUT2D eigenvalue weighted by atomic mass is 9.70. The van der Waals surface area contributed by atoms with Gasteiger partial charge in [0.05, 0.1) is 37.5 Å². The van der Waals surface area contributed by atoms with Gasteiger partial charge in [-0.05, 0) is 111 Å². The van der Waals surface area contributed by atoms with Crippen molar-refractivity contribution in [2.24, 2.45) is 29.2 Å². The number of carbonyl (C=O) groups excluding carboxylic acids is 3. The Labute approximate surface area is 342 Å². The molecule has 1 aromatic heterocycles. The van der Waals surface area contributed by atoms with Gasteiger partial charge in [0.2, 0.25) is 11.8 Å². The van der Waals surface area contributed by atoms with Gasteiger partial charge in [-0.15, -0.1) is 5.10 Å². The van der Waals surface area contributed by atoms with Gasteiger partial charge in [-0.2, -0.15) is 10.6 Å². The molecule has 16 heteroatoms. The number of anilines is 1. The van der Waals surface area contributed by atoms with E-state index < -0.39 is 39.3 Å². The molecule has 0 radical (unpaired) electrons. The highest BCUT2D eigenvalue weighted by molar-refractivity contribution is 7.75. The van der Waals surface area contributed by atoms with E-state index in [1.165, 1.54) is 35.4 Å². The summed E-state index contributed by atoms with van der Waals surface area (Å²) in [6.45, 7) is 6.76. The van der Waals surface area contributed by atoms with Crippen LogP contribution in [0.4, 0.5) is 5.69 Å². The summed E-state index contributed by atoms with van der Waals surface area (Å²) in [5.74, 6) is -1.56. The minimum Gasteiger partial charge on any atom is -0.491 e. The zero-order valence-electron chi connectivity index (χ0n) is 34.1. The summed E-state index contributed by atoms with van der Waals surface area (Å²) < 4.78 is 37.1. The number of ether oxygens (including phenoxy) is 3. The number of methoxy groups -OCH3 is 2. The summed E-state index contributed by atoms with van der Waals surface area (Å²) in [4.78, 5) is 44.0. The highest BCUT2D eigenvalue weighted by Crippen LogP contribution is 2.41. The van der Waals surface area contributed by atoms with E-state index in [2.05, 4.69) is 32.7 Å². The van der Waals surface area contributed by atoms with Crippen molar-refractivity contribution in [1.29, 1.82) is 0 Å². The monoisotopic (exact) mass is 827 g/mol. The van der Waals surface area contributed by atoms with Gasteiger partial charge in [-0.1, -0.05) is 24.6 Å². The minimum absolute atomic E-state index is 0.0279. The number of aliphatic hydroxyl groups is 1. The number of aromatic nitrogens is 2. The standard InChI is InChI=1S/C41H56ClN6O8S/c1-25(41(3,52)21-36(49)46(4)5)40(43-38(51)33-24-47(6)44-39(33)55-8)57(53)45-37(50)28-14-17-35-34(20-28)48(23-30-13-16-32(30)26(2)54-7)22-29-12-15-31(42)19-27(29)11-9-10-18-56-35/h12,14-15,17,19-20,24-26,30,32,40,52H,9-11,13,16,18,21-23H2,1-8H3,(H,43,51)/q-1/t25-,26+,30+,32+,40?,41?/m1/s1. The first-order chi connectivity index (χ1) is 27.0. The number of benzene rings is 2.